The van der Waals surface area contributed by atoms with E-state index in [0.717, 1.165) is 33.4 Å². The van der Waals surface area contributed by atoms with Crippen molar-refractivity contribution in [3.05, 3.63) is 52.5 Å². The first-order valence-electron chi connectivity index (χ1n) is 8.65. The molecule has 0 spiro atoms. The summed E-state index contributed by atoms with van der Waals surface area (Å²) in [5, 5.41) is 0.696. The number of carbonyl (C=O) groups excluding carboxylic acids is 1. The Hall–Kier alpha value is -1.67. The van der Waals surface area contributed by atoms with Crippen molar-refractivity contribution in [1.82, 2.24) is 9.88 Å². The molecular weight excluding hydrogens is 462 g/mol. The highest BCUT2D eigenvalue weighted by Gasteiger charge is 2.22. The van der Waals surface area contributed by atoms with Crippen LogP contribution in [0.15, 0.2) is 46.9 Å². The second kappa shape index (κ2) is 10.2. The first kappa shape index (κ1) is 22.6. The van der Waals surface area contributed by atoms with E-state index in [9.17, 15) is 4.79 Å². The number of ether oxygens (including phenoxy) is 1. The monoisotopic (exact) mass is 483 g/mol. The topological polar surface area (TPSA) is 45.7 Å². The van der Waals surface area contributed by atoms with Gasteiger partial charge in [0.15, 0.2) is 5.13 Å². The maximum absolute atomic E-state index is 13.2. The number of para-hydroxylation sites is 1. The lowest BCUT2D eigenvalue weighted by molar-refractivity contribution is 0.0986. The van der Waals surface area contributed by atoms with E-state index in [0.29, 0.717) is 17.2 Å². The fourth-order valence-electron chi connectivity index (χ4n) is 2.77. The molecule has 0 N–H and O–H groups in total. The highest BCUT2D eigenvalue weighted by molar-refractivity contribution is 9.10. The summed E-state index contributed by atoms with van der Waals surface area (Å²) in [5.74, 6) is 0.679. The minimum absolute atomic E-state index is 0. The SMILES string of the molecule is COc1cccc2sc(N(CCCN(C)C)C(=O)c3ccc(Br)cc3)nc12.Cl. The van der Waals surface area contributed by atoms with Crippen LogP contribution < -0.4 is 9.64 Å². The van der Waals surface area contributed by atoms with E-state index < -0.39 is 0 Å². The molecule has 0 bridgehead atoms. The van der Waals surface area contributed by atoms with E-state index in [1.807, 2.05) is 56.6 Å². The first-order valence-corrected chi connectivity index (χ1v) is 10.3. The number of benzene rings is 2. The number of methoxy groups -OCH3 is 1. The molecule has 0 fully saturated rings. The van der Waals surface area contributed by atoms with Gasteiger partial charge in [-0.05, 0) is 63.5 Å². The summed E-state index contributed by atoms with van der Waals surface area (Å²) in [6, 6.07) is 13.3. The fourth-order valence-corrected chi connectivity index (χ4v) is 4.04. The summed E-state index contributed by atoms with van der Waals surface area (Å²) >= 11 is 4.93. The third kappa shape index (κ3) is 5.23. The number of carbonyl (C=O) groups is 1. The van der Waals surface area contributed by atoms with E-state index >= 15 is 0 Å². The second-order valence-electron chi connectivity index (χ2n) is 6.42. The highest BCUT2D eigenvalue weighted by atomic mass is 79.9. The summed E-state index contributed by atoms with van der Waals surface area (Å²) in [7, 11) is 5.70. The molecule has 150 valence electrons. The molecule has 28 heavy (non-hydrogen) atoms. The summed E-state index contributed by atoms with van der Waals surface area (Å²) in [5.41, 5.74) is 1.44. The van der Waals surface area contributed by atoms with Crippen molar-refractivity contribution in [3.8, 4) is 5.75 Å². The van der Waals surface area contributed by atoms with Crippen molar-refractivity contribution in [2.75, 3.05) is 39.2 Å². The zero-order chi connectivity index (χ0) is 19.4. The quantitative estimate of drug-likeness (QED) is 0.469. The Morgan fingerprint density at radius 3 is 2.50 bits per heavy atom. The van der Waals surface area contributed by atoms with Gasteiger partial charge >= 0.3 is 0 Å². The van der Waals surface area contributed by atoms with Gasteiger partial charge in [0.2, 0.25) is 0 Å². The lowest BCUT2D eigenvalue weighted by Gasteiger charge is -2.21. The number of amides is 1. The lowest BCUT2D eigenvalue weighted by Crippen LogP contribution is -2.33. The van der Waals surface area contributed by atoms with E-state index in [4.69, 9.17) is 9.72 Å². The van der Waals surface area contributed by atoms with Crippen LogP contribution in [0, 0.1) is 0 Å². The predicted octanol–water partition coefficient (Wildman–Crippen LogP) is 5.09. The number of thiazole rings is 1. The molecule has 3 aromatic rings. The third-order valence-corrected chi connectivity index (χ3v) is 5.72. The fraction of sp³-hybridized carbons (Fsp3) is 0.300. The Labute approximate surface area is 183 Å². The van der Waals surface area contributed by atoms with Crippen LogP contribution in [0.25, 0.3) is 10.2 Å². The molecule has 0 saturated heterocycles. The van der Waals surface area contributed by atoms with Crippen molar-refractivity contribution < 1.29 is 9.53 Å². The second-order valence-corrected chi connectivity index (χ2v) is 8.35. The Balaban J connectivity index is 0.00000280. The smallest absolute Gasteiger partial charge is 0.260 e. The normalized spacial score (nSPS) is 10.8. The van der Waals surface area contributed by atoms with Crippen molar-refractivity contribution in [3.63, 3.8) is 0 Å². The predicted molar refractivity (Wildman–Crippen MR) is 122 cm³/mol. The van der Waals surface area contributed by atoms with Crippen LogP contribution in [-0.4, -0.2) is 50.1 Å². The average molecular weight is 485 g/mol. The van der Waals surface area contributed by atoms with Gasteiger partial charge in [0.05, 0.1) is 11.8 Å². The minimum atomic E-state index is -0.0423. The maximum atomic E-state index is 13.2. The lowest BCUT2D eigenvalue weighted by atomic mass is 10.2. The summed E-state index contributed by atoms with van der Waals surface area (Å²) in [6.45, 7) is 1.51. The van der Waals surface area contributed by atoms with E-state index in [1.54, 1.807) is 12.0 Å². The van der Waals surface area contributed by atoms with Crippen LogP contribution in [0.3, 0.4) is 0 Å². The Bertz CT molecular complexity index is 931. The standard InChI is InChI=1S/C20H22BrN3O2S.ClH/c1-23(2)12-5-13-24(19(25)14-8-10-15(21)11-9-14)20-22-18-16(26-3)6-4-7-17(18)27-20;/h4,6-11H,5,12-13H2,1-3H3;1H. The van der Waals surface area contributed by atoms with Gasteiger partial charge in [-0.1, -0.05) is 33.3 Å². The van der Waals surface area contributed by atoms with Crippen molar-refractivity contribution in [2.45, 2.75) is 6.42 Å². The molecule has 0 atom stereocenters. The molecule has 1 heterocycles. The summed E-state index contributed by atoms with van der Waals surface area (Å²) in [6.07, 6.45) is 0.863. The number of anilines is 1. The average Bonchev–Trinajstić information content (AvgIpc) is 3.09. The highest BCUT2D eigenvalue weighted by Crippen LogP contribution is 2.34. The molecule has 0 radical (unpaired) electrons. The summed E-state index contributed by atoms with van der Waals surface area (Å²) in [4.78, 5) is 21.8. The molecule has 1 amide bonds. The van der Waals surface area contributed by atoms with Gasteiger partial charge in [-0.15, -0.1) is 12.4 Å². The molecule has 0 aliphatic rings. The van der Waals surface area contributed by atoms with Gasteiger partial charge in [-0.3, -0.25) is 9.69 Å². The Kier molecular flexibility index (Phi) is 8.24. The molecular formula is C20H23BrClN3O2S. The molecule has 1 aromatic heterocycles. The van der Waals surface area contributed by atoms with Crippen LogP contribution in [0.4, 0.5) is 5.13 Å². The number of halogens is 2. The molecule has 3 rings (SSSR count). The van der Waals surface area contributed by atoms with Crippen molar-refractivity contribution in [1.29, 1.82) is 0 Å². The molecule has 5 nitrogen and oxygen atoms in total. The number of hydrogen-bond donors (Lipinski definition) is 0. The van der Waals surface area contributed by atoms with Gasteiger partial charge in [-0.25, -0.2) is 4.98 Å². The van der Waals surface area contributed by atoms with Gasteiger partial charge in [-0.2, -0.15) is 0 Å². The van der Waals surface area contributed by atoms with Crippen molar-refractivity contribution >= 4 is 60.9 Å². The Morgan fingerprint density at radius 1 is 1.14 bits per heavy atom. The molecule has 0 aliphatic carbocycles. The largest absolute Gasteiger partial charge is 0.494 e. The van der Waals surface area contributed by atoms with Gasteiger partial charge < -0.3 is 9.64 Å². The maximum Gasteiger partial charge on any atom is 0.260 e. The van der Waals surface area contributed by atoms with E-state index in [-0.39, 0.29) is 18.3 Å². The zero-order valence-electron chi connectivity index (χ0n) is 16.0. The zero-order valence-corrected chi connectivity index (χ0v) is 19.2. The number of aromatic nitrogens is 1. The summed E-state index contributed by atoms with van der Waals surface area (Å²) < 4.78 is 7.37. The third-order valence-electron chi connectivity index (χ3n) is 4.14. The molecule has 2 aromatic carbocycles. The van der Waals surface area contributed by atoms with Gasteiger partial charge in [0.1, 0.15) is 11.3 Å². The van der Waals surface area contributed by atoms with Crippen LogP contribution in [-0.2, 0) is 0 Å². The van der Waals surface area contributed by atoms with Crippen LogP contribution in [0.5, 0.6) is 5.75 Å². The van der Waals surface area contributed by atoms with Crippen molar-refractivity contribution in [2.24, 2.45) is 0 Å². The minimum Gasteiger partial charge on any atom is -0.494 e. The first-order chi connectivity index (χ1) is 13.0. The number of fused-ring (bicyclic) bond motifs is 1. The number of rotatable bonds is 7. The van der Waals surface area contributed by atoms with Crippen LogP contribution >= 0.6 is 39.7 Å². The van der Waals surface area contributed by atoms with Gasteiger partial charge in [0, 0.05) is 16.6 Å². The van der Waals surface area contributed by atoms with Gasteiger partial charge in [0.25, 0.3) is 5.91 Å². The van der Waals surface area contributed by atoms with Crippen LogP contribution in [0.1, 0.15) is 16.8 Å². The molecule has 0 unspecified atom stereocenters. The number of hydrogen-bond acceptors (Lipinski definition) is 5. The van der Waals surface area contributed by atoms with E-state index in [2.05, 4.69) is 20.8 Å². The van der Waals surface area contributed by atoms with E-state index in [1.165, 1.54) is 11.3 Å². The Morgan fingerprint density at radius 2 is 1.86 bits per heavy atom. The van der Waals surface area contributed by atoms with Crippen LogP contribution in [0.2, 0.25) is 0 Å². The number of nitrogens with zero attached hydrogens (tertiary/aromatic N) is 3. The molecule has 0 saturated carbocycles. The molecule has 0 aliphatic heterocycles. The molecule has 8 heteroatoms.